The Morgan fingerprint density at radius 3 is 1.37 bits per heavy atom. The lowest BCUT2D eigenvalue weighted by Gasteiger charge is -2.12. The van der Waals surface area contributed by atoms with Crippen LogP contribution < -0.4 is 11.3 Å². The van der Waals surface area contributed by atoms with Gasteiger partial charge in [0.15, 0.2) is 0 Å². The molecule has 7 nitrogen and oxygen atoms in total. The molecule has 4 aromatic carbocycles. The minimum atomic E-state index is -0.369. The van der Waals surface area contributed by atoms with Crippen LogP contribution in [-0.4, -0.2) is 13.7 Å². The molecule has 0 saturated carbocycles. The largest absolute Gasteiger partial charge is 0.422 e. The summed E-state index contributed by atoms with van der Waals surface area (Å²) in [5.74, 6) is 0. The molecule has 0 amide bonds. The third-order valence-electron chi connectivity index (χ3n) is 9.98. The topological polar surface area (TPSA) is 75.2 Å². The second-order valence-electron chi connectivity index (χ2n) is 12.3. The van der Waals surface area contributed by atoms with E-state index in [0.717, 1.165) is 76.9 Å². The fraction of sp³-hybridized carbons (Fsp3) is 0.128. The van der Waals surface area contributed by atoms with Crippen molar-refractivity contribution in [2.75, 3.05) is 0 Å². The van der Waals surface area contributed by atoms with Gasteiger partial charge < -0.3 is 22.5 Å². The molecule has 0 radical (unpaired) electrons. The molecule has 0 atom stereocenters. The summed E-state index contributed by atoms with van der Waals surface area (Å²) in [7, 11) is 5.99. The molecule has 7 heteroatoms. The van der Waals surface area contributed by atoms with Crippen LogP contribution in [0.25, 0.3) is 88.1 Å². The van der Waals surface area contributed by atoms with Gasteiger partial charge in [-0.15, -0.1) is 0 Å². The maximum Gasteiger partial charge on any atom is 0.345 e. The number of benzene rings is 4. The second kappa shape index (κ2) is 9.11. The SMILES string of the molecule is Cc1c(-c2cc3c(c4c(cc(-c5c(C)c6c(ccc7ccccc76)oc5=O)n4C)n3C)n2C)c(=O)oc2ccc3ccccc3c12. The van der Waals surface area contributed by atoms with Crippen molar-refractivity contribution in [1.29, 1.82) is 0 Å². The van der Waals surface area contributed by atoms with Gasteiger partial charge in [-0.25, -0.2) is 9.59 Å². The summed E-state index contributed by atoms with van der Waals surface area (Å²) < 4.78 is 18.1. The van der Waals surface area contributed by atoms with Crippen LogP contribution in [0.3, 0.4) is 0 Å². The first-order valence-corrected chi connectivity index (χ1v) is 15.3. The first kappa shape index (κ1) is 26.6. The summed E-state index contributed by atoms with van der Waals surface area (Å²) in [6.07, 6.45) is 0. The van der Waals surface area contributed by atoms with Gasteiger partial charge in [0.05, 0.1) is 44.6 Å². The van der Waals surface area contributed by atoms with Gasteiger partial charge in [-0.3, -0.25) is 0 Å². The first-order valence-electron chi connectivity index (χ1n) is 15.3. The first-order chi connectivity index (χ1) is 22.2. The smallest absolute Gasteiger partial charge is 0.345 e. The molecular formula is C39H29N3O4. The van der Waals surface area contributed by atoms with Gasteiger partial charge in [0.1, 0.15) is 11.2 Å². The van der Waals surface area contributed by atoms with Crippen molar-refractivity contribution >= 4 is 65.6 Å². The number of aryl methyl sites for hydroxylation is 5. The number of hydrogen-bond donors (Lipinski definition) is 0. The van der Waals surface area contributed by atoms with Gasteiger partial charge >= 0.3 is 11.3 Å². The van der Waals surface area contributed by atoms with Crippen LogP contribution in [0.4, 0.5) is 0 Å². The third-order valence-corrected chi connectivity index (χ3v) is 9.98. The maximum absolute atomic E-state index is 13.6. The van der Waals surface area contributed by atoms with Crippen molar-refractivity contribution in [3.05, 3.63) is 117 Å². The van der Waals surface area contributed by atoms with Gasteiger partial charge in [-0.05, 0) is 70.8 Å². The van der Waals surface area contributed by atoms with Crippen LogP contribution >= 0.6 is 0 Å². The summed E-state index contributed by atoms with van der Waals surface area (Å²) in [4.78, 5) is 27.2. The van der Waals surface area contributed by atoms with E-state index in [1.807, 2.05) is 83.5 Å². The lowest BCUT2D eigenvalue weighted by Crippen LogP contribution is -2.09. The van der Waals surface area contributed by atoms with Crippen molar-refractivity contribution in [2.24, 2.45) is 21.1 Å². The molecule has 0 aliphatic rings. The lowest BCUT2D eigenvalue weighted by molar-refractivity contribution is 0.561. The molecule has 0 fully saturated rings. The summed E-state index contributed by atoms with van der Waals surface area (Å²) in [6, 6.07) is 28.2. The number of fused-ring (bicyclic) bond motifs is 9. The Bertz CT molecular complexity index is 2710. The highest BCUT2D eigenvalue weighted by Crippen LogP contribution is 2.40. The molecule has 9 rings (SSSR count). The van der Waals surface area contributed by atoms with Gasteiger partial charge in [0.25, 0.3) is 0 Å². The van der Waals surface area contributed by atoms with Crippen molar-refractivity contribution in [1.82, 2.24) is 13.7 Å². The lowest BCUT2D eigenvalue weighted by atomic mass is 9.98. The molecular weight excluding hydrogens is 574 g/mol. The van der Waals surface area contributed by atoms with E-state index in [1.54, 1.807) is 0 Å². The van der Waals surface area contributed by atoms with Crippen LogP contribution in [0.15, 0.2) is 103 Å². The molecule has 0 bridgehead atoms. The zero-order valence-corrected chi connectivity index (χ0v) is 26.1. The monoisotopic (exact) mass is 603 g/mol. The van der Waals surface area contributed by atoms with E-state index in [2.05, 4.69) is 50.1 Å². The van der Waals surface area contributed by atoms with Crippen molar-refractivity contribution in [3.63, 3.8) is 0 Å². The highest BCUT2D eigenvalue weighted by atomic mass is 16.4. The Labute approximate surface area is 262 Å². The van der Waals surface area contributed by atoms with Crippen LogP contribution in [0, 0.1) is 13.8 Å². The molecule has 0 unspecified atom stereocenters. The van der Waals surface area contributed by atoms with E-state index in [4.69, 9.17) is 8.83 Å². The van der Waals surface area contributed by atoms with Gasteiger partial charge in [0, 0.05) is 31.9 Å². The van der Waals surface area contributed by atoms with Crippen molar-refractivity contribution < 1.29 is 8.83 Å². The Morgan fingerprint density at radius 2 is 0.935 bits per heavy atom. The van der Waals surface area contributed by atoms with Crippen molar-refractivity contribution in [3.8, 4) is 22.5 Å². The summed E-state index contributed by atoms with van der Waals surface area (Å²) in [5, 5.41) is 6.16. The third kappa shape index (κ3) is 3.31. The predicted octanol–water partition coefficient (Wildman–Crippen LogP) is 8.48. The fourth-order valence-corrected chi connectivity index (χ4v) is 7.75. The van der Waals surface area contributed by atoms with E-state index in [9.17, 15) is 9.59 Å². The Balaban J connectivity index is 1.32. The number of hydrogen-bond acceptors (Lipinski definition) is 4. The molecule has 9 aromatic rings. The molecule has 224 valence electrons. The molecule has 0 aliphatic heterocycles. The van der Waals surface area contributed by atoms with E-state index < -0.39 is 0 Å². The second-order valence-corrected chi connectivity index (χ2v) is 12.3. The van der Waals surface area contributed by atoms with Gasteiger partial charge in [-0.2, -0.15) is 0 Å². The van der Waals surface area contributed by atoms with Gasteiger partial charge in [0.2, 0.25) is 0 Å². The molecule has 0 spiro atoms. The number of aromatic nitrogens is 3. The minimum Gasteiger partial charge on any atom is -0.422 e. The summed E-state index contributed by atoms with van der Waals surface area (Å²) in [5.41, 5.74) is 8.72. The zero-order chi connectivity index (χ0) is 31.6. The molecule has 46 heavy (non-hydrogen) atoms. The van der Waals surface area contributed by atoms with Crippen LogP contribution in [0.1, 0.15) is 11.1 Å². The van der Waals surface area contributed by atoms with E-state index in [0.29, 0.717) is 22.3 Å². The number of nitrogens with zero attached hydrogens (tertiary/aromatic N) is 3. The van der Waals surface area contributed by atoms with Crippen LogP contribution in [0.2, 0.25) is 0 Å². The average molecular weight is 604 g/mol. The van der Waals surface area contributed by atoms with Crippen molar-refractivity contribution in [2.45, 2.75) is 13.8 Å². The quantitative estimate of drug-likeness (QED) is 0.147. The highest BCUT2D eigenvalue weighted by molar-refractivity contribution is 6.12. The summed E-state index contributed by atoms with van der Waals surface area (Å²) in [6.45, 7) is 4.00. The average Bonchev–Trinajstić information content (AvgIpc) is 3.65. The minimum absolute atomic E-state index is 0.369. The molecule has 5 aromatic heterocycles. The standard InChI is InChI=1S/C39H29N3O4/c1-20-32-24-12-8-6-10-22(24)14-16-30(32)45-38(43)34(20)26-18-28-36(41(26)4)37-29(40(28)3)19-27(42(37)5)35-21(2)33-25-13-9-7-11-23(25)15-17-31(33)46-39(35)44/h6-19H,1-5H3. The molecule has 5 heterocycles. The Hall–Kier alpha value is -5.82. The van der Waals surface area contributed by atoms with Gasteiger partial charge in [-0.1, -0.05) is 60.7 Å². The van der Waals surface area contributed by atoms with Crippen LogP contribution in [0.5, 0.6) is 0 Å². The van der Waals surface area contributed by atoms with E-state index in [1.165, 1.54) is 0 Å². The Morgan fingerprint density at radius 1 is 0.522 bits per heavy atom. The Kier molecular flexibility index (Phi) is 5.26. The molecule has 0 N–H and O–H groups in total. The molecule has 0 saturated heterocycles. The zero-order valence-electron chi connectivity index (χ0n) is 26.1. The fourth-order valence-electron chi connectivity index (χ4n) is 7.75. The van der Waals surface area contributed by atoms with E-state index in [-0.39, 0.29) is 11.3 Å². The summed E-state index contributed by atoms with van der Waals surface area (Å²) >= 11 is 0. The van der Waals surface area contributed by atoms with Crippen LogP contribution in [-0.2, 0) is 21.1 Å². The highest BCUT2D eigenvalue weighted by Gasteiger charge is 2.26. The normalized spacial score (nSPS) is 12.2. The van der Waals surface area contributed by atoms with E-state index >= 15 is 0 Å². The maximum atomic E-state index is 13.6. The molecule has 0 aliphatic carbocycles. The number of rotatable bonds is 2. The predicted molar refractivity (Wildman–Crippen MR) is 186 cm³/mol.